The zero-order chi connectivity index (χ0) is 15.1. The Morgan fingerprint density at radius 2 is 2.24 bits per heavy atom. The van der Waals surface area contributed by atoms with Crippen LogP contribution in [0.5, 0.6) is 5.75 Å². The van der Waals surface area contributed by atoms with Crippen molar-refractivity contribution in [2.24, 2.45) is 0 Å². The topological polar surface area (TPSA) is 99.2 Å². The fourth-order valence-corrected chi connectivity index (χ4v) is 2.54. The molecule has 1 aromatic carbocycles. The highest BCUT2D eigenvalue weighted by molar-refractivity contribution is 7.89. The van der Waals surface area contributed by atoms with Crippen LogP contribution >= 0.6 is 0 Å². The molecule has 7 nitrogen and oxygen atoms in total. The summed E-state index contributed by atoms with van der Waals surface area (Å²) in [4.78, 5) is 3.88. The number of benzene rings is 1. The summed E-state index contributed by atoms with van der Waals surface area (Å²) in [6, 6.07) is 6.87. The lowest BCUT2D eigenvalue weighted by atomic mass is 10.3. The Balaban J connectivity index is 1.71. The van der Waals surface area contributed by atoms with Gasteiger partial charge in [-0.05, 0) is 12.1 Å². The van der Waals surface area contributed by atoms with Gasteiger partial charge in [0.2, 0.25) is 10.0 Å². The fraction of sp³-hybridized carbons (Fsp3) is 0.308. The molecule has 0 saturated carbocycles. The van der Waals surface area contributed by atoms with Crippen LogP contribution in [0.2, 0.25) is 0 Å². The summed E-state index contributed by atoms with van der Waals surface area (Å²) in [5.74, 6) is 0.453. The molecule has 8 heteroatoms. The van der Waals surface area contributed by atoms with Gasteiger partial charge in [0.1, 0.15) is 12.4 Å². The Labute approximate surface area is 123 Å². The molecule has 0 aliphatic carbocycles. The van der Waals surface area contributed by atoms with Crippen LogP contribution in [0.15, 0.2) is 43.0 Å². The van der Waals surface area contributed by atoms with Gasteiger partial charge < -0.3 is 15.0 Å². The van der Waals surface area contributed by atoms with Crippen molar-refractivity contribution in [3.8, 4) is 5.75 Å². The van der Waals surface area contributed by atoms with Gasteiger partial charge in [-0.15, -0.1) is 0 Å². The zero-order valence-corrected chi connectivity index (χ0v) is 12.3. The summed E-state index contributed by atoms with van der Waals surface area (Å²) < 4.78 is 33.2. The molecule has 2 rings (SSSR count). The summed E-state index contributed by atoms with van der Waals surface area (Å²) in [6.07, 6.45) is 5.06. The first kappa shape index (κ1) is 15.3. The van der Waals surface area contributed by atoms with E-state index in [4.69, 9.17) is 10.5 Å². The number of rotatable bonds is 8. The number of hydrogen-bond acceptors (Lipinski definition) is 5. The molecule has 21 heavy (non-hydrogen) atoms. The number of nitrogens with zero attached hydrogens (tertiary/aromatic N) is 2. The van der Waals surface area contributed by atoms with Crippen molar-refractivity contribution in [3.63, 3.8) is 0 Å². The molecule has 1 aromatic heterocycles. The van der Waals surface area contributed by atoms with E-state index >= 15 is 0 Å². The fourth-order valence-electron chi connectivity index (χ4n) is 1.69. The van der Waals surface area contributed by atoms with Gasteiger partial charge in [-0.3, -0.25) is 0 Å². The predicted octanol–water partition coefficient (Wildman–Crippen LogP) is 0.464. The van der Waals surface area contributed by atoms with E-state index in [9.17, 15) is 8.42 Å². The lowest BCUT2D eigenvalue weighted by Gasteiger charge is -2.09. The third-order valence-corrected chi connectivity index (χ3v) is 4.08. The van der Waals surface area contributed by atoms with Crippen LogP contribution in [0.25, 0.3) is 0 Å². The van der Waals surface area contributed by atoms with Gasteiger partial charge in [-0.2, -0.15) is 0 Å². The molecule has 0 fully saturated rings. The number of sulfonamides is 1. The Bertz CT molecular complexity index is 656. The number of nitrogens with two attached hydrogens (primary N) is 1. The first-order valence-corrected chi connectivity index (χ1v) is 8.12. The third kappa shape index (κ3) is 5.44. The average Bonchev–Trinajstić information content (AvgIpc) is 2.91. The van der Waals surface area contributed by atoms with E-state index in [-0.39, 0.29) is 12.4 Å². The lowest BCUT2D eigenvalue weighted by Crippen LogP contribution is -2.31. The number of ether oxygens (including phenoxy) is 1. The van der Waals surface area contributed by atoms with Gasteiger partial charge in [-0.1, -0.05) is 6.07 Å². The number of nitrogens with one attached hydrogen (secondary N) is 1. The lowest BCUT2D eigenvalue weighted by molar-refractivity contribution is 0.340. The molecule has 0 amide bonds. The Morgan fingerprint density at radius 1 is 1.38 bits per heavy atom. The molecular formula is C13H18N4O3S. The van der Waals surface area contributed by atoms with Crippen LogP contribution in [0, 0.1) is 0 Å². The highest BCUT2D eigenvalue weighted by Crippen LogP contribution is 2.14. The number of hydrogen-bond donors (Lipinski definition) is 2. The maximum Gasteiger partial charge on any atom is 0.215 e. The second-order valence-corrected chi connectivity index (χ2v) is 6.36. The molecule has 0 spiro atoms. The molecule has 0 unspecified atom stereocenters. The molecule has 0 radical (unpaired) electrons. The summed E-state index contributed by atoms with van der Waals surface area (Å²) in [7, 11) is -3.36. The highest BCUT2D eigenvalue weighted by atomic mass is 32.2. The van der Waals surface area contributed by atoms with Gasteiger partial charge in [0.05, 0.1) is 12.1 Å². The highest BCUT2D eigenvalue weighted by Gasteiger charge is 2.09. The molecule has 0 bridgehead atoms. The first-order chi connectivity index (χ1) is 10.1. The van der Waals surface area contributed by atoms with Crippen molar-refractivity contribution in [2.75, 3.05) is 24.6 Å². The standard InChI is InChI=1S/C13H18N4O3S/c14-12-2-1-3-13(10-12)20-8-9-21(18,19)16-5-7-17-6-4-15-11-17/h1-4,6,10-11,16H,5,7-9,14H2. The minimum atomic E-state index is -3.36. The summed E-state index contributed by atoms with van der Waals surface area (Å²) in [5, 5.41) is 0. The average molecular weight is 310 g/mol. The maximum absolute atomic E-state index is 11.8. The zero-order valence-electron chi connectivity index (χ0n) is 11.5. The van der Waals surface area contributed by atoms with Crippen molar-refractivity contribution in [3.05, 3.63) is 43.0 Å². The maximum atomic E-state index is 11.8. The second kappa shape index (κ2) is 7.09. The predicted molar refractivity (Wildman–Crippen MR) is 80.4 cm³/mol. The van der Waals surface area contributed by atoms with E-state index in [1.54, 1.807) is 47.6 Å². The molecule has 0 saturated heterocycles. The quantitative estimate of drug-likeness (QED) is 0.690. The van der Waals surface area contributed by atoms with E-state index in [2.05, 4.69) is 9.71 Å². The van der Waals surface area contributed by atoms with Gasteiger partial charge in [-0.25, -0.2) is 18.1 Å². The van der Waals surface area contributed by atoms with Gasteiger partial charge in [0, 0.05) is 37.2 Å². The van der Waals surface area contributed by atoms with E-state index in [0.29, 0.717) is 24.5 Å². The minimum Gasteiger partial charge on any atom is -0.492 e. The Morgan fingerprint density at radius 3 is 2.95 bits per heavy atom. The van der Waals surface area contributed by atoms with Crippen LogP contribution in [0.3, 0.4) is 0 Å². The molecule has 114 valence electrons. The number of nitrogen functional groups attached to an aromatic ring is 1. The smallest absolute Gasteiger partial charge is 0.215 e. The largest absolute Gasteiger partial charge is 0.492 e. The Hall–Kier alpha value is -2.06. The van der Waals surface area contributed by atoms with Crippen molar-refractivity contribution < 1.29 is 13.2 Å². The van der Waals surface area contributed by atoms with Crippen molar-refractivity contribution >= 4 is 15.7 Å². The van der Waals surface area contributed by atoms with Crippen molar-refractivity contribution in [1.29, 1.82) is 0 Å². The monoisotopic (exact) mass is 310 g/mol. The van der Waals surface area contributed by atoms with Crippen molar-refractivity contribution in [2.45, 2.75) is 6.54 Å². The van der Waals surface area contributed by atoms with Crippen LogP contribution in [0.1, 0.15) is 0 Å². The minimum absolute atomic E-state index is 0.0733. The van der Waals surface area contributed by atoms with Crippen LogP contribution in [0.4, 0.5) is 5.69 Å². The summed E-state index contributed by atoms with van der Waals surface area (Å²) in [6.45, 7) is 0.927. The summed E-state index contributed by atoms with van der Waals surface area (Å²) >= 11 is 0. The second-order valence-electron chi connectivity index (χ2n) is 4.43. The molecule has 2 aromatic rings. The molecule has 0 aliphatic heterocycles. The van der Waals surface area contributed by atoms with Gasteiger partial charge in [0.25, 0.3) is 0 Å². The van der Waals surface area contributed by atoms with Crippen LogP contribution in [-0.4, -0.2) is 36.9 Å². The van der Waals surface area contributed by atoms with E-state index in [1.165, 1.54) is 0 Å². The number of anilines is 1. The molecule has 3 N–H and O–H groups in total. The molecule has 0 aliphatic rings. The van der Waals surface area contributed by atoms with E-state index < -0.39 is 10.0 Å². The SMILES string of the molecule is Nc1cccc(OCCS(=O)(=O)NCCn2ccnc2)c1. The molecule has 1 heterocycles. The third-order valence-electron chi connectivity index (χ3n) is 2.73. The Kier molecular flexibility index (Phi) is 5.18. The summed E-state index contributed by atoms with van der Waals surface area (Å²) in [5.41, 5.74) is 6.19. The van der Waals surface area contributed by atoms with E-state index in [0.717, 1.165) is 0 Å². The van der Waals surface area contributed by atoms with Gasteiger partial charge >= 0.3 is 0 Å². The first-order valence-electron chi connectivity index (χ1n) is 6.46. The van der Waals surface area contributed by atoms with Crippen LogP contribution < -0.4 is 15.2 Å². The van der Waals surface area contributed by atoms with E-state index in [1.807, 2.05) is 0 Å². The van der Waals surface area contributed by atoms with Crippen molar-refractivity contribution in [1.82, 2.24) is 14.3 Å². The van der Waals surface area contributed by atoms with Crippen LogP contribution in [-0.2, 0) is 16.6 Å². The number of imidazole rings is 1. The molecule has 0 atom stereocenters. The number of aromatic nitrogens is 2. The normalized spacial score (nSPS) is 11.4. The molecular weight excluding hydrogens is 292 g/mol. The van der Waals surface area contributed by atoms with Gasteiger partial charge in [0.15, 0.2) is 0 Å².